The Morgan fingerprint density at radius 1 is 1.06 bits per heavy atom. The summed E-state index contributed by atoms with van der Waals surface area (Å²) in [4.78, 5) is 54.1. The molecule has 2 aliphatic rings. The standard InChI is InChI=1S/C21H27FN4O5/c1-20(2,3)31-19(30)25-11-9-24(10-12-25)16(27)13-26-17(28)21(4,23-18(26)29)14-5-7-15(22)8-6-14/h5-8H,9-13H2,1-4H3,(H,23,29). The van der Waals surface area contributed by atoms with Crippen molar-refractivity contribution in [3.05, 3.63) is 35.6 Å². The summed E-state index contributed by atoms with van der Waals surface area (Å²) >= 11 is 0. The van der Waals surface area contributed by atoms with Gasteiger partial charge in [-0.1, -0.05) is 12.1 Å². The Labute approximate surface area is 180 Å². The molecule has 1 atom stereocenters. The molecule has 0 spiro atoms. The molecule has 2 aliphatic heterocycles. The van der Waals surface area contributed by atoms with Gasteiger partial charge >= 0.3 is 12.1 Å². The van der Waals surface area contributed by atoms with Gasteiger partial charge in [0.25, 0.3) is 5.91 Å². The molecule has 1 N–H and O–H groups in total. The number of ether oxygens (including phenoxy) is 1. The molecule has 9 nitrogen and oxygen atoms in total. The fourth-order valence-electron chi connectivity index (χ4n) is 3.52. The van der Waals surface area contributed by atoms with Crippen molar-refractivity contribution in [1.82, 2.24) is 20.0 Å². The van der Waals surface area contributed by atoms with E-state index < -0.39 is 47.4 Å². The molecule has 0 bridgehead atoms. The van der Waals surface area contributed by atoms with Gasteiger partial charge in [-0.25, -0.2) is 14.0 Å². The van der Waals surface area contributed by atoms with E-state index in [9.17, 15) is 23.6 Å². The molecule has 3 rings (SSSR count). The number of nitrogens with one attached hydrogen (secondary N) is 1. The second-order valence-corrected chi connectivity index (χ2v) is 8.80. The van der Waals surface area contributed by atoms with Crippen LogP contribution < -0.4 is 5.32 Å². The summed E-state index contributed by atoms with van der Waals surface area (Å²) in [7, 11) is 0. The van der Waals surface area contributed by atoms with Crippen molar-refractivity contribution in [2.24, 2.45) is 0 Å². The van der Waals surface area contributed by atoms with Gasteiger partial charge in [-0.3, -0.25) is 14.5 Å². The average Bonchev–Trinajstić information content (AvgIpc) is 2.91. The van der Waals surface area contributed by atoms with Crippen molar-refractivity contribution >= 4 is 23.9 Å². The summed E-state index contributed by atoms with van der Waals surface area (Å²) in [5.74, 6) is -1.43. The number of carbonyl (C=O) groups is 4. The number of nitrogens with zero attached hydrogens (tertiary/aromatic N) is 3. The molecule has 5 amide bonds. The first-order valence-electron chi connectivity index (χ1n) is 10.1. The minimum Gasteiger partial charge on any atom is -0.444 e. The highest BCUT2D eigenvalue weighted by Crippen LogP contribution is 2.29. The monoisotopic (exact) mass is 434 g/mol. The molecule has 1 aromatic rings. The number of benzene rings is 1. The van der Waals surface area contributed by atoms with E-state index in [1.807, 2.05) is 0 Å². The number of amides is 5. The van der Waals surface area contributed by atoms with Crippen LogP contribution in [-0.4, -0.2) is 77.0 Å². The molecule has 2 heterocycles. The van der Waals surface area contributed by atoms with Crippen molar-refractivity contribution < 1.29 is 28.3 Å². The summed E-state index contributed by atoms with van der Waals surface area (Å²) in [6, 6.07) is 4.58. The largest absolute Gasteiger partial charge is 0.444 e. The molecule has 1 unspecified atom stereocenters. The third kappa shape index (κ3) is 4.78. The van der Waals surface area contributed by atoms with Crippen molar-refractivity contribution in [3.8, 4) is 0 Å². The SMILES string of the molecule is CC(C)(C)OC(=O)N1CCN(C(=O)CN2C(=O)NC(C)(c3ccc(F)cc3)C2=O)CC1. The van der Waals surface area contributed by atoms with Gasteiger partial charge < -0.3 is 19.9 Å². The molecule has 0 aromatic heterocycles. The smallest absolute Gasteiger partial charge is 0.410 e. The van der Waals surface area contributed by atoms with E-state index >= 15 is 0 Å². The molecule has 10 heteroatoms. The van der Waals surface area contributed by atoms with Crippen molar-refractivity contribution in [2.45, 2.75) is 38.8 Å². The zero-order valence-electron chi connectivity index (χ0n) is 18.1. The Balaban J connectivity index is 1.60. The van der Waals surface area contributed by atoms with Crippen LogP contribution in [0.25, 0.3) is 0 Å². The summed E-state index contributed by atoms with van der Waals surface area (Å²) in [6.07, 6.45) is -0.441. The molecule has 2 saturated heterocycles. The molecular formula is C21H27FN4O5. The highest BCUT2D eigenvalue weighted by atomic mass is 19.1. The Morgan fingerprint density at radius 2 is 1.61 bits per heavy atom. The lowest BCUT2D eigenvalue weighted by Gasteiger charge is -2.36. The first-order valence-corrected chi connectivity index (χ1v) is 10.1. The summed E-state index contributed by atoms with van der Waals surface area (Å²) in [6.45, 7) is 7.60. The number of imide groups is 1. The van der Waals surface area contributed by atoms with Crippen molar-refractivity contribution in [1.29, 1.82) is 0 Å². The van der Waals surface area contributed by atoms with Crippen LogP contribution in [-0.2, 0) is 19.9 Å². The fraction of sp³-hybridized carbons (Fsp3) is 0.524. The van der Waals surface area contributed by atoms with Crippen LogP contribution in [0.5, 0.6) is 0 Å². The van der Waals surface area contributed by atoms with Gasteiger partial charge in [0.2, 0.25) is 5.91 Å². The lowest BCUT2D eigenvalue weighted by molar-refractivity contribution is -0.139. The maximum atomic E-state index is 13.2. The molecule has 168 valence electrons. The molecule has 31 heavy (non-hydrogen) atoms. The average molecular weight is 434 g/mol. The van der Waals surface area contributed by atoms with Crippen molar-refractivity contribution in [2.75, 3.05) is 32.7 Å². The zero-order valence-corrected chi connectivity index (χ0v) is 18.1. The minimum atomic E-state index is -1.37. The van der Waals surface area contributed by atoms with E-state index in [0.717, 1.165) is 4.90 Å². The van der Waals surface area contributed by atoms with Crippen LogP contribution in [0.3, 0.4) is 0 Å². The van der Waals surface area contributed by atoms with Crippen molar-refractivity contribution in [3.63, 3.8) is 0 Å². The van der Waals surface area contributed by atoms with E-state index in [4.69, 9.17) is 4.74 Å². The number of hydrogen-bond donors (Lipinski definition) is 1. The Kier molecular flexibility index (Phi) is 5.93. The lowest BCUT2D eigenvalue weighted by Crippen LogP contribution is -2.54. The number of carbonyl (C=O) groups excluding carboxylic acids is 4. The van der Waals surface area contributed by atoms with Crippen LogP contribution in [0, 0.1) is 5.82 Å². The highest BCUT2D eigenvalue weighted by Gasteiger charge is 2.49. The van der Waals surface area contributed by atoms with Crippen LogP contribution in [0.1, 0.15) is 33.3 Å². The van der Waals surface area contributed by atoms with Gasteiger partial charge in [0.05, 0.1) is 0 Å². The summed E-state index contributed by atoms with van der Waals surface area (Å²) < 4.78 is 18.6. The normalized spacial score (nSPS) is 21.9. The third-order valence-corrected chi connectivity index (χ3v) is 5.27. The fourth-order valence-corrected chi connectivity index (χ4v) is 3.52. The van der Waals surface area contributed by atoms with Gasteiger partial charge in [0, 0.05) is 26.2 Å². The third-order valence-electron chi connectivity index (χ3n) is 5.27. The number of hydrogen-bond acceptors (Lipinski definition) is 5. The Hall–Kier alpha value is -3.17. The van der Waals surface area contributed by atoms with Crippen LogP contribution >= 0.6 is 0 Å². The van der Waals surface area contributed by atoms with Crippen LogP contribution in [0.2, 0.25) is 0 Å². The van der Waals surface area contributed by atoms with Crippen LogP contribution in [0.15, 0.2) is 24.3 Å². The molecule has 0 aliphatic carbocycles. The first kappa shape index (κ1) is 22.5. The molecule has 1 aromatic carbocycles. The number of piperazine rings is 1. The Bertz CT molecular complexity index is 890. The predicted octanol–water partition coefficient (Wildman–Crippen LogP) is 1.67. The Morgan fingerprint density at radius 3 is 2.16 bits per heavy atom. The van der Waals surface area contributed by atoms with E-state index in [-0.39, 0.29) is 13.1 Å². The minimum absolute atomic E-state index is 0.275. The van der Waals surface area contributed by atoms with Crippen LogP contribution in [0.4, 0.5) is 14.0 Å². The summed E-state index contributed by atoms with van der Waals surface area (Å²) in [5, 5.41) is 2.59. The molecule has 0 radical (unpaired) electrons. The zero-order chi connectivity index (χ0) is 23.0. The second kappa shape index (κ2) is 8.16. The summed E-state index contributed by atoms with van der Waals surface area (Å²) in [5.41, 5.74) is -1.56. The van der Waals surface area contributed by atoms with E-state index in [2.05, 4.69) is 5.32 Å². The number of halogens is 1. The predicted molar refractivity (Wildman–Crippen MR) is 108 cm³/mol. The molecular weight excluding hydrogens is 407 g/mol. The molecule has 0 saturated carbocycles. The van der Waals surface area contributed by atoms with Gasteiger partial charge in [0.1, 0.15) is 23.5 Å². The van der Waals surface area contributed by atoms with E-state index in [1.54, 1.807) is 20.8 Å². The topological polar surface area (TPSA) is 99.3 Å². The van der Waals surface area contributed by atoms with Gasteiger partial charge in [-0.2, -0.15) is 0 Å². The maximum Gasteiger partial charge on any atom is 0.410 e. The molecule has 2 fully saturated rings. The lowest BCUT2D eigenvalue weighted by atomic mass is 9.92. The highest BCUT2D eigenvalue weighted by molar-refractivity contribution is 6.09. The quantitative estimate of drug-likeness (QED) is 0.730. The van der Waals surface area contributed by atoms with Gasteiger partial charge in [-0.05, 0) is 45.4 Å². The van der Waals surface area contributed by atoms with Gasteiger partial charge in [-0.15, -0.1) is 0 Å². The number of urea groups is 1. The number of rotatable bonds is 3. The van der Waals surface area contributed by atoms with E-state index in [0.29, 0.717) is 18.7 Å². The first-order chi connectivity index (χ1) is 14.4. The van der Waals surface area contributed by atoms with Gasteiger partial charge in [0.15, 0.2) is 0 Å². The van der Waals surface area contributed by atoms with E-state index in [1.165, 1.54) is 41.0 Å². The maximum absolute atomic E-state index is 13.2. The second-order valence-electron chi connectivity index (χ2n) is 8.80.